The van der Waals surface area contributed by atoms with E-state index < -0.39 is 10.0 Å². The maximum atomic E-state index is 11.3. The molecule has 1 unspecified atom stereocenters. The van der Waals surface area contributed by atoms with E-state index in [-0.39, 0.29) is 6.04 Å². The Morgan fingerprint density at radius 3 is 2.52 bits per heavy atom. The second kappa shape index (κ2) is 5.77. The van der Waals surface area contributed by atoms with E-state index >= 15 is 0 Å². The minimum absolute atomic E-state index is 0.102. The molecule has 0 spiro atoms. The lowest BCUT2D eigenvalue weighted by Crippen LogP contribution is -2.13. The SMILES string of the molecule is Cc1cc(NC(C)c2ccnn2C)ccc1NS(C)(=O)=O. The molecule has 1 atom stereocenters. The number of aromatic nitrogens is 2. The third-order valence-corrected chi connectivity index (χ3v) is 3.80. The second-order valence-corrected chi connectivity index (χ2v) is 6.90. The van der Waals surface area contributed by atoms with Gasteiger partial charge in [-0.25, -0.2) is 8.42 Å². The van der Waals surface area contributed by atoms with Gasteiger partial charge in [0, 0.05) is 18.9 Å². The number of nitrogens with zero attached hydrogens (tertiary/aromatic N) is 2. The predicted octanol–water partition coefficient (Wildman–Crippen LogP) is 2.27. The van der Waals surface area contributed by atoms with Gasteiger partial charge in [0.15, 0.2) is 0 Å². The Hall–Kier alpha value is -2.02. The van der Waals surface area contributed by atoms with Crippen molar-refractivity contribution in [3.05, 3.63) is 41.7 Å². The van der Waals surface area contributed by atoms with Gasteiger partial charge in [-0.15, -0.1) is 0 Å². The van der Waals surface area contributed by atoms with Crippen LogP contribution in [-0.2, 0) is 17.1 Å². The first-order valence-corrected chi connectivity index (χ1v) is 8.48. The van der Waals surface area contributed by atoms with E-state index in [1.807, 2.05) is 36.9 Å². The first-order chi connectivity index (χ1) is 9.76. The van der Waals surface area contributed by atoms with Gasteiger partial charge in [-0.05, 0) is 43.7 Å². The van der Waals surface area contributed by atoms with Crippen molar-refractivity contribution < 1.29 is 8.42 Å². The van der Waals surface area contributed by atoms with Crippen LogP contribution in [0.4, 0.5) is 11.4 Å². The summed E-state index contributed by atoms with van der Waals surface area (Å²) in [4.78, 5) is 0. The quantitative estimate of drug-likeness (QED) is 0.888. The Morgan fingerprint density at radius 1 is 1.29 bits per heavy atom. The Balaban J connectivity index is 2.15. The van der Waals surface area contributed by atoms with Gasteiger partial charge in [-0.1, -0.05) is 0 Å². The summed E-state index contributed by atoms with van der Waals surface area (Å²) >= 11 is 0. The number of hydrogen-bond donors (Lipinski definition) is 2. The average molecular weight is 308 g/mol. The number of anilines is 2. The highest BCUT2D eigenvalue weighted by atomic mass is 32.2. The van der Waals surface area contributed by atoms with Crippen LogP contribution in [0.1, 0.15) is 24.2 Å². The predicted molar refractivity (Wildman–Crippen MR) is 84.9 cm³/mol. The molecule has 0 radical (unpaired) electrons. The van der Waals surface area contributed by atoms with Crippen LogP contribution < -0.4 is 10.0 Å². The highest BCUT2D eigenvalue weighted by molar-refractivity contribution is 7.92. The number of benzene rings is 1. The monoisotopic (exact) mass is 308 g/mol. The molecule has 2 N–H and O–H groups in total. The molecule has 0 aliphatic carbocycles. The lowest BCUT2D eigenvalue weighted by molar-refractivity contribution is 0.607. The number of rotatable bonds is 5. The third kappa shape index (κ3) is 3.98. The summed E-state index contributed by atoms with van der Waals surface area (Å²) in [6.07, 6.45) is 2.90. The van der Waals surface area contributed by atoms with Crippen molar-refractivity contribution in [1.29, 1.82) is 0 Å². The molecule has 0 saturated carbocycles. The Kier molecular flexibility index (Phi) is 4.22. The average Bonchev–Trinajstić information content (AvgIpc) is 2.77. The summed E-state index contributed by atoms with van der Waals surface area (Å²) in [7, 11) is -1.36. The largest absolute Gasteiger partial charge is 0.377 e. The zero-order chi connectivity index (χ0) is 15.6. The molecule has 0 aliphatic heterocycles. The topological polar surface area (TPSA) is 76.0 Å². The fraction of sp³-hybridized carbons (Fsp3) is 0.357. The molecule has 0 bridgehead atoms. The molecule has 0 saturated heterocycles. The molecule has 0 aliphatic rings. The molecular weight excluding hydrogens is 288 g/mol. The Bertz CT molecular complexity index is 737. The van der Waals surface area contributed by atoms with Crippen molar-refractivity contribution in [3.63, 3.8) is 0 Å². The van der Waals surface area contributed by atoms with E-state index in [9.17, 15) is 8.42 Å². The van der Waals surface area contributed by atoms with Crippen LogP contribution in [0.2, 0.25) is 0 Å². The molecule has 2 rings (SSSR count). The maximum Gasteiger partial charge on any atom is 0.229 e. The smallest absolute Gasteiger partial charge is 0.229 e. The summed E-state index contributed by atoms with van der Waals surface area (Å²) < 4.78 is 26.9. The molecule has 7 heteroatoms. The van der Waals surface area contributed by atoms with Crippen molar-refractivity contribution in [3.8, 4) is 0 Å². The molecule has 6 nitrogen and oxygen atoms in total. The molecule has 21 heavy (non-hydrogen) atoms. The van der Waals surface area contributed by atoms with Gasteiger partial charge in [0.05, 0.1) is 23.7 Å². The summed E-state index contributed by atoms with van der Waals surface area (Å²) in [6.45, 7) is 3.92. The van der Waals surface area contributed by atoms with Crippen molar-refractivity contribution in [2.24, 2.45) is 7.05 Å². The molecule has 1 aromatic heterocycles. The van der Waals surface area contributed by atoms with Crippen LogP contribution in [0.15, 0.2) is 30.5 Å². The molecule has 114 valence electrons. The van der Waals surface area contributed by atoms with Crippen LogP contribution >= 0.6 is 0 Å². The molecule has 0 amide bonds. The van der Waals surface area contributed by atoms with Crippen molar-refractivity contribution in [2.45, 2.75) is 19.9 Å². The van der Waals surface area contributed by atoms with E-state index in [0.29, 0.717) is 5.69 Å². The van der Waals surface area contributed by atoms with Crippen molar-refractivity contribution in [2.75, 3.05) is 16.3 Å². The normalized spacial score (nSPS) is 13.0. The van der Waals surface area contributed by atoms with Gasteiger partial charge >= 0.3 is 0 Å². The summed E-state index contributed by atoms with van der Waals surface area (Å²) in [5, 5.41) is 7.53. The second-order valence-electron chi connectivity index (χ2n) is 5.15. The lowest BCUT2D eigenvalue weighted by atomic mass is 10.1. The fourth-order valence-corrected chi connectivity index (χ4v) is 2.83. The van der Waals surface area contributed by atoms with Crippen molar-refractivity contribution >= 4 is 21.4 Å². The fourth-order valence-electron chi connectivity index (χ4n) is 2.20. The first kappa shape index (κ1) is 15.4. The highest BCUT2D eigenvalue weighted by Gasteiger charge is 2.10. The van der Waals surface area contributed by atoms with E-state index in [4.69, 9.17) is 0 Å². The van der Waals surface area contributed by atoms with Gasteiger partial charge in [0.1, 0.15) is 0 Å². The van der Waals surface area contributed by atoms with Gasteiger partial charge < -0.3 is 5.32 Å². The van der Waals surface area contributed by atoms with E-state index in [0.717, 1.165) is 23.2 Å². The number of aryl methyl sites for hydroxylation is 2. The first-order valence-electron chi connectivity index (χ1n) is 6.59. The minimum atomic E-state index is -3.26. The number of nitrogens with one attached hydrogen (secondary N) is 2. The maximum absolute atomic E-state index is 11.3. The van der Waals surface area contributed by atoms with Crippen LogP contribution in [-0.4, -0.2) is 24.5 Å². The van der Waals surface area contributed by atoms with Gasteiger partial charge in [0.25, 0.3) is 0 Å². The van der Waals surface area contributed by atoms with E-state index in [1.165, 1.54) is 0 Å². The van der Waals surface area contributed by atoms with E-state index in [1.54, 1.807) is 12.3 Å². The Labute approximate surface area is 125 Å². The molecule has 1 heterocycles. The minimum Gasteiger partial charge on any atom is -0.377 e. The third-order valence-electron chi connectivity index (χ3n) is 3.21. The molecule has 0 fully saturated rings. The zero-order valence-electron chi connectivity index (χ0n) is 12.6. The van der Waals surface area contributed by atoms with Gasteiger partial charge in [-0.3, -0.25) is 9.40 Å². The lowest BCUT2D eigenvalue weighted by Gasteiger charge is -2.17. The molecule has 2 aromatic rings. The van der Waals surface area contributed by atoms with Crippen LogP contribution in [0, 0.1) is 6.92 Å². The van der Waals surface area contributed by atoms with Crippen LogP contribution in [0.25, 0.3) is 0 Å². The summed E-state index contributed by atoms with van der Waals surface area (Å²) in [5.41, 5.74) is 3.46. The highest BCUT2D eigenvalue weighted by Crippen LogP contribution is 2.24. The molecule has 1 aromatic carbocycles. The summed E-state index contributed by atoms with van der Waals surface area (Å²) in [5.74, 6) is 0. The van der Waals surface area contributed by atoms with Crippen LogP contribution in [0.5, 0.6) is 0 Å². The Morgan fingerprint density at radius 2 is 2.00 bits per heavy atom. The number of sulfonamides is 1. The van der Waals surface area contributed by atoms with E-state index in [2.05, 4.69) is 22.1 Å². The molecular formula is C14H20N4O2S. The zero-order valence-corrected chi connectivity index (χ0v) is 13.4. The van der Waals surface area contributed by atoms with Gasteiger partial charge in [-0.2, -0.15) is 5.10 Å². The van der Waals surface area contributed by atoms with Crippen LogP contribution in [0.3, 0.4) is 0 Å². The van der Waals surface area contributed by atoms with Crippen molar-refractivity contribution in [1.82, 2.24) is 9.78 Å². The number of hydrogen-bond acceptors (Lipinski definition) is 4. The standard InChI is InChI=1S/C14H20N4O2S/c1-10-9-12(5-6-13(10)17-21(4,19)20)16-11(2)14-7-8-15-18(14)3/h5-9,11,16-17H,1-4H3. The van der Waals surface area contributed by atoms with Gasteiger partial charge in [0.2, 0.25) is 10.0 Å². The summed E-state index contributed by atoms with van der Waals surface area (Å²) in [6, 6.07) is 7.60.